The lowest BCUT2D eigenvalue weighted by Gasteiger charge is -2.04. The molecule has 3 rings (SSSR count). The minimum Gasteiger partial charge on any atom is -0.306 e. The van der Waals surface area contributed by atoms with E-state index >= 15 is 0 Å². The first-order valence-electron chi connectivity index (χ1n) is 5.59. The molecule has 0 unspecified atom stereocenters. The summed E-state index contributed by atoms with van der Waals surface area (Å²) in [4.78, 5) is 19.2. The van der Waals surface area contributed by atoms with E-state index < -0.39 is 0 Å². The number of fused-ring (bicyclic) bond motifs is 1. The van der Waals surface area contributed by atoms with Gasteiger partial charge in [0.15, 0.2) is 0 Å². The van der Waals surface area contributed by atoms with Gasteiger partial charge in [-0.2, -0.15) is 0 Å². The average molecular weight is 291 g/mol. The number of aromatic amines is 1. The van der Waals surface area contributed by atoms with Crippen LogP contribution in [0.4, 0.5) is 0 Å². The number of benzene rings is 2. The van der Waals surface area contributed by atoms with Crippen LogP contribution in [0, 0.1) is 0 Å². The Labute approximate surface area is 118 Å². The molecule has 0 radical (unpaired) electrons. The van der Waals surface area contributed by atoms with Crippen LogP contribution in [0.2, 0.25) is 10.0 Å². The van der Waals surface area contributed by atoms with Crippen molar-refractivity contribution in [3.8, 4) is 11.4 Å². The Morgan fingerprint density at radius 2 is 1.79 bits per heavy atom. The van der Waals surface area contributed by atoms with Crippen molar-refractivity contribution in [1.29, 1.82) is 0 Å². The van der Waals surface area contributed by atoms with Crippen LogP contribution in [0.25, 0.3) is 22.3 Å². The number of nitrogens with zero attached hydrogens (tertiary/aromatic N) is 1. The summed E-state index contributed by atoms with van der Waals surface area (Å²) in [7, 11) is 0. The molecule has 1 aromatic heterocycles. The SMILES string of the molecule is O=c1[nH]c(-c2ccccc2)nc2c(Cl)cc(Cl)cc12. The summed E-state index contributed by atoms with van der Waals surface area (Å²) in [6.07, 6.45) is 0. The molecule has 0 saturated heterocycles. The summed E-state index contributed by atoms with van der Waals surface area (Å²) in [5.74, 6) is 0.488. The van der Waals surface area contributed by atoms with Crippen LogP contribution < -0.4 is 5.56 Å². The fourth-order valence-electron chi connectivity index (χ4n) is 1.90. The zero-order valence-electron chi connectivity index (χ0n) is 9.65. The van der Waals surface area contributed by atoms with E-state index in [-0.39, 0.29) is 5.56 Å². The highest BCUT2D eigenvalue weighted by Crippen LogP contribution is 2.25. The van der Waals surface area contributed by atoms with E-state index in [0.717, 1.165) is 5.56 Å². The lowest BCUT2D eigenvalue weighted by Crippen LogP contribution is -2.09. The first kappa shape index (κ1) is 12.2. The van der Waals surface area contributed by atoms with Gasteiger partial charge < -0.3 is 4.98 Å². The van der Waals surface area contributed by atoms with Crippen molar-refractivity contribution in [3.05, 3.63) is 62.9 Å². The summed E-state index contributed by atoms with van der Waals surface area (Å²) in [6.45, 7) is 0. The zero-order valence-corrected chi connectivity index (χ0v) is 11.2. The van der Waals surface area contributed by atoms with Crippen molar-refractivity contribution in [2.24, 2.45) is 0 Å². The van der Waals surface area contributed by atoms with Crippen LogP contribution >= 0.6 is 23.2 Å². The van der Waals surface area contributed by atoms with Crippen molar-refractivity contribution >= 4 is 34.1 Å². The molecule has 2 aromatic carbocycles. The molecule has 19 heavy (non-hydrogen) atoms. The fraction of sp³-hybridized carbons (Fsp3) is 0. The molecule has 0 atom stereocenters. The Bertz CT molecular complexity index is 813. The number of halogens is 2. The van der Waals surface area contributed by atoms with E-state index in [4.69, 9.17) is 23.2 Å². The molecular formula is C14H8Cl2N2O. The monoisotopic (exact) mass is 290 g/mol. The van der Waals surface area contributed by atoms with Crippen LogP contribution in [0.1, 0.15) is 0 Å². The van der Waals surface area contributed by atoms with Gasteiger partial charge in [-0.05, 0) is 12.1 Å². The van der Waals surface area contributed by atoms with Gasteiger partial charge >= 0.3 is 0 Å². The summed E-state index contributed by atoms with van der Waals surface area (Å²) < 4.78 is 0. The van der Waals surface area contributed by atoms with E-state index in [2.05, 4.69) is 9.97 Å². The van der Waals surface area contributed by atoms with E-state index in [0.29, 0.717) is 26.8 Å². The number of hydrogen-bond donors (Lipinski definition) is 1. The molecule has 1 heterocycles. The second kappa shape index (κ2) is 4.68. The van der Waals surface area contributed by atoms with Crippen molar-refractivity contribution in [2.45, 2.75) is 0 Å². The molecule has 0 aliphatic heterocycles. The van der Waals surface area contributed by atoms with E-state index in [1.165, 1.54) is 0 Å². The highest BCUT2D eigenvalue weighted by atomic mass is 35.5. The molecule has 0 aliphatic rings. The quantitative estimate of drug-likeness (QED) is 0.739. The summed E-state index contributed by atoms with van der Waals surface area (Å²) in [6, 6.07) is 12.5. The minimum atomic E-state index is -0.256. The maximum atomic E-state index is 12.1. The third-order valence-corrected chi connectivity index (χ3v) is 3.28. The van der Waals surface area contributed by atoms with Crippen LogP contribution in [-0.4, -0.2) is 9.97 Å². The van der Waals surface area contributed by atoms with Gasteiger partial charge in [0.2, 0.25) is 0 Å². The molecule has 94 valence electrons. The minimum absolute atomic E-state index is 0.256. The first-order valence-corrected chi connectivity index (χ1v) is 6.35. The van der Waals surface area contributed by atoms with Crippen LogP contribution in [0.3, 0.4) is 0 Å². The Kier molecular flexibility index (Phi) is 3.01. The predicted octanol–water partition coefficient (Wildman–Crippen LogP) is 3.90. The zero-order chi connectivity index (χ0) is 13.4. The highest BCUT2D eigenvalue weighted by Gasteiger charge is 2.09. The van der Waals surface area contributed by atoms with Gasteiger partial charge in [-0.1, -0.05) is 53.5 Å². The molecule has 0 bridgehead atoms. The maximum absolute atomic E-state index is 12.1. The second-order valence-corrected chi connectivity index (χ2v) is 4.91. The van der Waals surface area contributed by atoms with Crippen LogP contribution in [0.15, 0.2) is 47.3 Å². The Balaban J connectivity index is 2.34. The number of H-pyrrole nitrogens is 1. The van der Waals surface area contributed by atoms with Gasteiger partial charge in [-0.3, -0.25) is 4.79 Å². The number of nitrogens with one attached hydrogen (secondary N) is 1. The van der Waals surface area contributed by atoms with E-state index in [1.54, 1.807) is 12.1 Å². The van der Waals surface area contributed by atoms with Gasteiger partial charge in [0.1, 0.15) is 5.82 Å². The molecule has 0 amide bonds. The predicted molar refractivity (Wildman–Crippen MR) is 77.8 cm³/mol. The summed E-state index contributed by atoms with van der Waals surface area (Å²) >= 11 is 12.0. The smallest absolute Gasteiger partial charge is 0.259 e. The largest absolute Gasteiger partial charge is 0.306 e. The molecule has 0 fully saturated rings. The Morgan fingerprint density at radius 3 is 2.53 bits per heavy atom. The van der Waals surface area contributed by atoms with Crippen molar-refractivity contribution in [1.82, 2.24) is 9.97 Å². The molecular weight excluding hydrogens is 283 g/mol. The molecule has 0 saturated carbocycles. The fourth-order valence-corrected chi connectivity index (χ4v) is 2.44. The third kappa shape index (κ3) is 2.23. The van der Waals surface area contributed by atoms with Gasteiger partial charge in [0.25, 0.3) is 5.56 Å². The van der Waals surface area contributed by atoms with Crippen molar-refractivity contribution in [3.63, 3.8) is 0 Å². The van der Waals surface area contributed by atoms with Crippen LogP contribution in [-0.2, 0) is 0 Å². The maximum Gasteiger partial charge on any atom is 0.259 e. The summed E-state index contributed by atoms with van der Waals surface area (Å²) in [5, 5.41) is 1.17. The van der Waals surface area contributed by atoms with Crippen molar-refractivity contribution in [2.75, 3.05) is 0 Å². The molecule has 0 spiro atoms. The highest BCUT2D eigenvalue weighted by molar-refractivity contribution is 6.38. The van der Waals surface area contributed by atoms with Crippen LogP contribution in [0.5, 0.6) is 0 Å². The van der Waals surface area contributed by atoms with E-state index in [1.807, 2.05) is 30.3 Å². The number of hydrogen-bond acceptors (Lipinski definition) is 2. The summed E-state index contributed by atoms with van der Waals surface area (Å²) in [5.41, 5.74) is 1.02. The van der Waals surface area contributed by atoms with Gasteiger partial charge in [0.05, 0.1) is 15.9 Å². The lowest BCUT2D eigenvalue weighted by molar-refractivity contribution is 1.18. The van der Waals surface area contributed by atoms with Gasteiger partial charge in [0, 0.05) is 10.6 Å². The van der Waals surface area contributed by atoms with Gasteiger partial charge in [-0.15, -0.1) is 0 Å². The molecule has 3 nitrogen and oxygen atoms in total. The standard InChI is InChI=1S/C14H8Cl2N2O/c15-9-6-10-12(11(16)7-9)17-13(18-14(10)19)8-4-2-1-3-5-8/h1-7H,(H,17,18,19). The third-order valence-electron chi connectivity index (χ3n) is 2.78. The topological polar surface area (TPSA) is 45.8 Å². The van der Waals surface area contributed by atoms with Crippen molar-refractivity contribution < 1.29 is 0 Å². The number of aromatic nitrogens is 2. The Morgan fingerprint density at radius 1 is 1.05 bits per heavy atom. The van der Waals surface area contributed by atoms with Gasteiger partial charge in [-0.25, -0.2) is 4.98 Å². The van der Waals surface area contributed by atoms with E-state index in [9.17, 15) is 4.79 Å². The first-order chi connectivity index (χ1) is 9.15. The average Bonchev–Trinajstić information content (AvgIpc) is 2.41. The normalized spacial score (nSPS) is 10.8. The molecule has 0 aliphatic carbocycles. The number of rotatable bonds is 1. The molecule has 1 N–H and O–H groups in total. The Hall–Kier alpha value is -1.84. The molecule has 3 aromatic rings. The molecule has 5 heteroatoms. The lowest BCUT2D eigenvalue weighted by atomic mass is 10.2. The second-order valence-electron chi connectivity index (χ2n) is 4.06.